The number of ether oxygens (including phenoxy) is 1. The van der Waals surface area contributed by atoms with Gasteiger partial charge in [0.15, 0.2) is 0 Å². The monoisotopic (exact) mass is 232 g/mol. The van der Waals surface area contributed by atoms with Crippen molar-refractivity contribution in [3.63, 3.8) is 0 Å². The largest absolute Gasteiger partial charge is 0.396 e. The van der Waals surface area contributed by atoms with E-state index in [-0.39, 0.29) is 6.61 Å². The van der Waals surface area contributed by atoms with Crippen molar-refractivity contribution in [3.8, 4) is 0 Å². The lowest BCUT2D eigenvalue weighted by atomic mass is 10.1. The van der Waals surface area contributed by atoms with Gasteiger partial charge in [-0.05, 0) is 39.7 Å². The maximum Gasteiger partial charge on any atom is 0.0618 e. The first-order chi connectivity index (χ1) is 7.67. The highest BCUT2D eigenvalue weighted by molar-refractivity contribution is 4.75. The van der Waals surface area contributed by atoms with Crippen molar-refractivity contribution in [2.75, 3.05) is 33.4 Å². The van der Waals surface area contributed by atoms with E-state index >= 15 is 0 Å². The molecule has 0 rings (SSSR count). The maximum atomic E-state index is 8.91. The molecule has 98 valence electrons. The van der Waals surface area contributed by atoms with Crippen LogP contribution in [0, 0.1) is 0 Å². The molecule has 0 aliphatic rings. The summed E-state index contributed by atoms with van der Waals surface area (Å²) < 4.78 is 5.27. The zero-order chi connectivity index (χ0) is 12.4. The van der Waals surface area contributed by atoms with Gasteiger partial charge in [0.2, 0.25) is 0 Å². The van der Waals surface area contributed by atoms with Crippen LogP contribution in [0.5, 0.6) is 0 Å². The number of methoxy groups -OCH3 is 1. The van der Waals surface area contributed by atoms with Gasteiger partial charge in [0.25, 0.3) is 0 Å². The van der Waals surface area contributed by atoms with Crippen LogP contribution >= 0.6 is 0 Å². The molecule has 0 fully saturated rings. The second-order valence-corrected chi connectivity index (χ2v) is 4.45. The first-order valence-electron chi connectivity index (χ1n) is 6.23. The fourth-order valence-electron chi connectivity index (χ4n) is 2.01. The number of aliphatic hydroxyl groups is 1. The van der Waals surface area contributed by atoms with Gasteiger partial charge in [-0.25, -0.2) is 0 Å². The molecular weight excluding hydrogens is 204 g/mol. The van der Waals surface area contributed by atoms with Gasteiger partial charge in [0, 0.05) is 32.3 Å². The molecule has 0 bridgehead atoms. The summed E-state index contributed by atoms with van der Waals surface area (Å²) in [6.45, 7) is 7.01. The summed E-state index contributed by atoms with van der Waals surface area (Å²) in [5.41, 5.74) is 5.55. The van der Waals surface area contributed by atoms with E-state index in [1.807, 2.05) is 0 Å². The zero-order valence-corrected chi connectivity index (χ0v) is 11.0. The predicted molar refractivity (Wildman–Crippen MR) is 67.5 cm³/mol. The molecule has 16 heavy (non-hydrogen) atoms. The number of rotatable bonds is 10. The fourth-order valence-corrected chi connectivity index (χ4v) is 2.01. The van der Waals surface area contributed by atoms with Crippen LogP contribution in [0.25, 0.3) is 0 Å². The molecule has 0 saturated heterocycles. The van der Waals surface area contributed by atoms with Crippen LogP contribution in [-0.2, 0) is 4.74 Å². The van der Waals surface area contributed by atoms with Crippen molar-refractivity contribution in [1.82, 2.24) is 4.90 Å². The van der Waals surface area contributed by atoms with Gasteiger partial charge in [-0.15, -0.1) is 0 Å². The Labute approximate surface area is 99.8 Å². The summed E-state index contributed by atoms with van der Waals surface area (Å²) in [6.07, 6.45) is 2.91. The highest BCUT2D eigenvalue weighted by Gasteiger charge is 2.20. The summed E-state index contributed by atoms with van der Waals surface area (Å²) in [5, 5.41) is 8.91. The highest BCUT2D eigenvalue weighted by atomic mass is 16.5. The standard InChI is InChI=1S/C12H28N2O2/c1-11(2)14(8-5-9-15)12(10-16-3)6-4-7-13/h11-12,15H,4-10,13H2,1-3H3. The van der Waals surface area contributed by atoms with E-state index in [2.05, 4.69) is 18.7 Å². The van der Waals surface area contributed by atoms with Gasteiger partial charge in [0.05, 0.1) is 6.61 Å². The Balaban J connectivity index is 4.26. The molecule has 0 amide bonds. The van der Waals surface area contributed by atoms with Crippen LogP contribution in [0.4, 0.5) is 0 Å². The quantitative estimate of drug-likeness (QED) is 0.586. The number of nitrogens with zero attached hydrogens (tertiary/aromatic N) is 1. The number of aliphatic hydroxyl groups excluding tert-OH is 1. The van der Waals surface area contributed by atoms with Crippen molar-refractivity contribution >= 4 is 0 Å². The second-order valence-electron chi connectivity index (χ2n) is 4.45. The van der Waals surface area contributed by atoms with E-state index in [9.17, 15) is 0 Å². The van der Waals surface area contributed by atoms with Gasteiger partial charge < -0.3 is 15.6 Å². The topological polar surface area (TPSA) is 58.7 Å². The van der Waals surface area contributed by atoms with Crippen LogP contribution < -0.4 is 5.73 Å². The van der Waals surface area contributed by atoms with Crippen LogP contribution in [0.15, 0.2) is 0 Å². The lowest BCUT2D eigenvalue weighted by molar-refractivity contribution is 0.0596. The Bertz CT molecular complexity index is 154. The van der Waals surface area contributed by atoms with E-state index in [4.69, 9.17) is 15.6 Å². The van der Waals surface area contributed by atoms with Crippen molar-refractivity contribution in [2.45, 2.75) is 45.2 Å². The highest BCUT2D eigenvalue weighted by Crippen LogP contribution is 2.12. The summed E-state index contributed by atoms with van der Waals surface area (Å²) in [7, 11) is 1.74. The number of hydrogen-bond donors (Lipinski definition) is 2. The van der Waals surface area contributed by atoms with E-state index in [0.29, 0.717) is 12.1 Å². The lowest BCUT2D eigenvalue weighted by Crippen LogP contribution is -2.44. The van der Waals surface area contributed by atoms with Crippen molar-refractivity contribution in [1.29, 1.82) is 0 Å². The molecule has 4 heteroatoms. The van der Waals surface area contributed by atoms with Crippen LogP contribution in [-0.4, -0.2) is 55.5 Å². The van der Waals surface area contributed by atoms with Crippen molar-refractivity contribution < 1.29 is 9.84 Å². The number of nitrogens with two attached hydrogens (primary N) is 1. The molecule has 0 radical (unpaired) electrons. The second kappa shape index (κ2) is 10.0. The molecular formula is C12H28N2O2. The van der Waals surface area contributed by atoms with Gasteiger partial charge >= 0.3 is 0 Å². The summed E-state index contributed by atoms with van der Waals surface area (Å²) in [5.74, 6) is 0. The average Bonchev–Trinajstić information content (AvgIpc) is 2.25. The molecule has 0 heterocycles. The fraction of sp³-hybridized carbons (Fsp3) is 1.00. The summed E-state index contributed by atoms with van der Waals surface area (Å²) in [6, 6.07) is 0.893. The maximum absolute atomic E-state index is 8.91. The first-order valence-corrected chi connectivity index (χ1v) is 6.23. The molecule has 1 unspecified atom stereocenters. The first kappa shape index (κ1) is 15.8. The zero-order valence-electron chi connectivity index (χ0n) is 11.0. The third kappa shape index (κ3) is 6.43. The third-order valence-corrected chi connectivity index (χ3v) is 2.81. The average molecular weight is 232 g/mol. The van der Waals surface area contributed by atoms with E-state index in [1.54, 1.807) is 7.11 Å². The normalized spacial score (nSPS) is 13.7. The van der Waals surface area contributed by atoms with Crippen LogP contribution in [0.1, 0.15) is 33.1 Å². The van der Waals surface area contributed by atoms with Crippen LogP contribution in [0.3, 0.4) is 0 Å². The molecule has 0 spiro atoms. The predicted octanol–water partition coefficient (Wildman–Crippen LogP) is 0.833. The minimum Gasteiger partial charge on any atom is -0.396 e. The minimum atomic E-state index is 0.250. The molecule has 0 aliphatic heterocycles. The van der Waals surface area contributed by atoms with E-state index in [0.717, 1.165) is 39.0 Å². The van der Waals surface area contributed by atoms with E-state index < -0.39 is 0 Å². The smallest absolute Gasteiger partial charge is 0.0618 e. The molecule has 0 aromatic rings. The summed E-state index contributed by atoms with van der Waals surface area (Å²) >= 11 is 0. The van der Waals surface area contributed by atoms with Gasteiger partial charge in [-0.3, -0.25) is 4.90 Å². The van der Waals surface area contributed by atoms with Gasteiger partial charge in [0.1, 0.15) is 0 Å². The van der Waals surface area contributed by atoms with Gasteiger partial charge in [-0.2, -0.15) is 0 Å². The summed E-state index contributed by atoms with van der Waals surface area (Å²) in [4.78, 5) is 2.40. The molecule has 4 nitrogen and oxygen atoms in total. The third-order valence-electron chi connectivity index (χ3n) is 2.81. The Kier molecular flexibility index (Phi) is 9.92. The Morgan fingerprint density at radius 3 is 2.44 bits per heavy atom. The SMILES string of the molecule is COCC(CCCN)N(CCCO)C(C)C. The van der Waals surface area contributed by atoms with Gasteiger partial charge in [-0.1, -0.05) is 0 Å². The molecule has 0 aromatic carbocycles. The molecule has 0 aromatic heterocycles. The van der Waals surface area contributed by atoms with E-state index in [1.165, 1.54) is 0 Å². The minimum absolute atomic E-state index is 0.250. The molecule has 0 saturated carbocycles. The molecule has 3 N–H and O–H groups in total. The molecule has 1 atom stereocenters. The number of hydrogen-bond acceptors (Lipinski definition) is 4. The Morgan fingerprint density at radius 1 is 1.31 bits per heavy atom. The lowest BCUT2D eigenvalue weighted by Gasteiger charge is -2.34. The Hall–Kier alpha value is -0.160. The molecule has 0 aliphatic carbocycles. The van der Waals surface area contributed by atoms with Crippen LogP contribution in [0.2, 0.25) is 0 Å². The van der Waals surface area contributed by atoms with Crippen molar-refractivity contribution in [2.24, 2.45) is 5.73 Å². The van der Waals surface area contributed by atoms with Crippen molar-refractivity contribution in [3.05, 3.63) is 0 Å². The Morgan fingerprint density at radius 2 is 2.00 bits per heavy atom.